The summed E-state index contributed by atoms with van der Waals surface area (Å²) >= 11 is 0. The van der Waals surface area contributed by atoms with Crippen LogP contribution in [0, 0.1) is 5.92 Å². The van der Waals surface area contributed by atoms with Crippen molar-refractivity contribution in [3.05, 3.63) is 23.8 Å². The van der Waals surface area contributed by atoms with Crippen LogP contribution in [0.1, 0.15) is 32.3 Å². The molecule has 2 heterocycles. The van der Waals surface area contributed by atoms with Crippen molar-refractivity contribution in [3.8, 4) is 0 Å². The fourth-order valence-electron chi connectivity index (χ4n) is 3.31. The van der Waals surface area contributed by atoms with E-state index in [2.05, 4.69) is 12.2 Å². The van der Waals surface area contributed by atoms with Gasteiger partial charge in [-0.15, -0.1) is 0 Å². The van der Waals surface area contributed by atoms with Gasteiger partial charge in [0.1, 0.15) is 0 Å². The molecule has 1 fully saturated rings. The average molecular weight is 294 g/mol. The van der Waals surface area contributed by atoms with Crippen molar-refractivity contribution >= 4 is 15.7 Å². The Balaban J connectivity index is 1.92. The van der Waals surface area contributed by atoms with Crippen molar-refractivity contribution < 1.29 is 8.42 Å². The molecule has 0 aromatic heterocycles. The van der Waals surface area contributed by atoms with Gasteiger partial charge in [0.15, 0.2) is 0 Å². The van der Waals surface area contributed by atoms with E-state index in [0.717, 1.165) is 31.5 Å². The van der Waals surface area contributed by atoms with E-state index in [1.165, 1.54) is 5.56 Å². The standard InChI is InChI=1S/C15H22N2O2S/c1-11-6-8-17(12(2)9-11)20(18,19)14-4-3-13-5-7-16-15(13)10-14/h3-4,10-12,16H,5-9H2,1-2H3. The maximum atomic E-state index is 12.8. The lowest BCUT2D eigenvalue weighted by molar-refractivity contribution is 0.220. The number of nitrogens with zero attached hydrogens (tertiary/aromatic N) is 1. The monoisotopic (exact) mass is 294 g/mol. The van der Waals surface area contributed by atoms with Crippen molar-refractivity contribution in [2.24, 2.45) is 5.92 Å². The molecule has 0 spiro atoms. The van der Waals surface area contributed by atoms with Gasteiger partial charge in [-0.05, 0) is 49.8 Å². The molecule has 4 nitrogen and oxygen atoms in total. The Morgan fingerprint density at radius 1 is 1.30 bits per heavy atom. The summed E-state index contributed by atoms with van der Waals surface area (Å²) in [5, 5.41) is 3.25. The molecule has 0 aliphatic carbocycles. The van der Waals surface area contributed by atoms with Crippen LogP contribution in [-0.4, -0.2) is 31.9 Å². The molecular weight excluding hydrogens is 272 g/mol. The highest BCUT2D eigenvalue weighted by molar-refractivity contribution is 7.89. The second-order valence-electron chi connectivity index (χ2n) is 6.09. The van der Waals surface area contributed by atoms with Crippen LogP contribution >= 0.6 is 0 Å². The van der Waals surface area contributed by atoms with E-state index in [1.54, 1.807) is 16.4 Å². The molecule has 0 saturated carbocycles. The maximum absolute atomic E-state index is 12.8. The molecule has 1 saturated heterocycles. The molecule has 2 aliphatic heterocycles. The van der Waals surface area contributed by atoms with Crippen molar-refractivity contribution in [1.29, 1.82) is 0 Å². The molecule has 2 aliphatic rings. The third kappa shape index (κ3) is 2.33. The van der Waals surface area contributed by atoms with Crippen LogP contribution in [0.25, 0.3) is 0 Å². The van der Waals surface area contributed by atoms with Crippen molar-refractivity contribution in [1.82, 2.24) is 4.31 Å². The first-order valence-corrected chi connectivity index (χ1v) is 8.81. The predicted molar refractivity (Wildman–Crippen MR) is 80.4 cm³/mol. The van der Waals surface area contributed by atoms with Crippen LogP contribution < -0.4 is 5.32 Å². The first-order valence-electron chi connectivity index (χ1n) is 7.37. The quantitative estimate of drug-likeness (QED) is 0.911. The van der Waals surface area contributed by atoms with Crippen molar-refractivity contribution in [2.45, 2.75) is 44.0 Å². The maximum Gasteiger partial charge on any atom is 0.243 e. The van der Waals surface area contributed by atoms with E-state index in [-0.39, 0.29) is 6.04 Å². The molecule has 5 heteroatoms. The van der Waals surface area contributed by atoms with Gasteiger partial charge in [0.2, 0.25) is 10.0 Å². The van der Waals surface area contributed by atoms with Gasteiger partial charge in [-0.2, -0.15) is 4.31 Å². The van der Waals surface area contributed by atoms with E-state index in [4.69, 9.17) is 0 Å². The van der Waals surface area contributed by atoms with E-state index < -0.39 is 10.0 Å². The lowest BCUT2D eigenvalue weighted by Gasteiger charge is -2.35. The van der Waals surface area contributed by atoms with Crippen LogP contribution in [0.5, 0.6) is 0 Å². The van der Waals surface area contributed by atoms with E-state index in [9.17, 15) is 8.42 Å². The summed E-state index contributed by atoms with van der Waals surface area (Å²) in [4.78, 5) is 0.423. The SMILES string of the molecule is CC1CCN(S(=O)(=O)c2ccc3c(c2)NCC3)C(C)C1. The van der Waals surface area contributed by atoms with Gasteiger partial charge in [-0.1, -0.05) is 13.0 Å². The zero-order chi connectivity index (χ0) is 14.3. The van der Waals surface area contributed by atoms with Crippen LogP contribution in [0.15, 0.2) is 23.1 Å². The molecule has 0 amide bonds. The molecule has 2 unspecified atom stereocenters. The number of piperidine rings is 1. The molecule has 2 atom stereocenters. The van der Waals surface area contributed by atoms with Gasteiger partial charge >= 0.3 is 0 Å². The van der Waals surface area contributed by atoms with Gasteiger partial charge in [0, 0.05) is 24.8 Å². The van der Waals surface area contributed by atoms with Gasteiger partial charge < -0.3 is 5.32 Å². The van der Waals surface area contributed by atoms with Crippen LogP contribution in [0.3, 0.4) is 0 Å². The Morgan fingerprint density at radius 2 is 2.10 bits per heavy atom. The number of rotatable bonds is 2. The van der Waals surface area contributed by atoms with Crippen molar-refractivity contribution in [2.75, 3.05) is 18.4 Å². The summed E-state index contributed by atoms with van der Waals surface area (Å²) in [7, 11) is -3.36. The fraction of sp³-hybridized carbons (Fsp3) is 0.600. The lowest BCUT2D eigenvalue weighted by atomic mass is 9.95. The summed E-state index contributed by atoms with van der Waals surface area (Å²) < 4.78 is 27.3. The number of nitrogens with one attached hydrogen (secondary N) is 1. The molecule has 0 bridgehead atoms. The molecule has 110 valence electrons. The number of hydrogen-bond donors (Lipinski definition) is 1. The summed E-state index contributed by atoms with van der Waals surface area (Å²) in [6.07, 6.45) is 2.88. The largest absolute Gasteiger partial charge is 0.384 e. The Labute approximate surface area is 121 Å². The van der Waals surface area contributed by atoms with E-state index in [0.29, 0.717) is 17.4 Å². The minimum absolute atomic E-state index is 0.0879. The highest BCUT2D eigenvalue weighted by atomic mass is 32.2. The molecular formula is C15H22N2O2S. The minimum atomic E-state index is -3.36. The Morgan fingerprint density at radius 3 is 2.85 bits per heavy atom. The number of sulfonamides is 1. The topological polar surface area (TPSA) is 49.4 Å². The number of anilines is 1. The Hall–Kier alpha value is -1.07. The second-order valence-corrected chi connectivity index (χ2v) is 7.98. The molecule has 20 heavy (non-hydrogen) atoms. The van der Waals surface area contributed by atoms with E-state index >= 15 is 0 Å². The van der Waals surface area contributed by atoms with Gasteiger partial charge in [0.05, 0.1) is 4.90 Å². The molecule has 1 aromatic rings. The fourth-order valence-corrected chi connectivity index (χ4v) is 4.99. The molecule has 0 radical (unpaired) electrons. The average Bonchev–Trinajstić information content (AvgIpc) is 2.85. The third-order valence-electron chi connectivity index (χ3n) is 4.48. The third-order valence-corrected chi connectivity index (χ3v) is 6.48. The summed E-state index contributed by atoms with van der Waals surface area (Å²) in [6.45, 7) is 5.74. The highest BCUT2D eigenvalue weighted by Crippen LogP contribution is 2.31. The summed E-state index contributed by atoms with van der Waals surface area (Å²) in [5.41, 5.74) is 2.19. The lowest BCUT2D eigenvalue weighted by Crippen LogP contribution is -2.44. The Bertz CT molecular complexity index is 612. The normalized spacial score (nSPS) is 27.1. The van der Waals surface area contributed by atoms with Crippen LogP contribution in [-0.2, 0) is 16.4 Å². The molecule has 1 aromatic carbocycles. The Kier molecular flexibility index (Phi) is 3.50. The first-order chi connectivity index (χ1) is 9.48. The second kappa shape index (κ2) is 5.04. The zero-order valence-corrected chi connectivity index (χ0v) is 12.9. The summed E-state index contributed by atoms with van der Waals surface area (Å²) in [6, 6.07) is 5.58. The van der Waals surface area contributed by atoms with Crippen LogP contribution in [0.2, 0.25) is 0 Å². The molecule has 3 rings (SSSR count). The van der Waals surface area contributed by atoms with E-state index in [1.807, 2.05) is 13.0 Å². The zero-order valence-electron chi connectivity index (χ0n) is 12.1. The first kappa shape index (κ1) is 13.9. The van der Waals surface area contributed by atoms with Crippen LogP contribution in [0.4, 0.5) is 5.69 Å². The van der Waals surface area contributed by atoms with Gasteiger partial charge in [-0.3, -0.25) is 0 Å². The smallest absolute Gasteiger partial charge is 0.243 e. The predicted octanol–water partition coefficient (Wildman–Crippen LogP) is 2.46. The summed E-state index contributed by atoms with van der Waals surface area (Å²) in [5.74, 6) is 0.609. The number of benzene rings is 1. The number of hydrogen-bond acceptors (Lipinski definition) is 3. The minimum Gasteiger partial charge on any atom is -0.384 e. The molecule has 1 N–H and O–H groups in total. The van der Waals surface area contributed by atoms with Gasteiger partial charge in [-0.25, -0.2) is 8.42 Å². The van der Waals surface area contributed by atoms with Crippen molar-refractivity contribution in [3.63, 3.8) is 0 Å². The highest BCUT2D eigenvalue weighted by Gasteiger charge is 2.33. The number of fused-ring (bicyclic) bond motifs is 1. The van der Waals surface area contributed by atoms with Gasteiger partial charge in [0.25, 0.3) is 0 Å².